The first-order chi connectivity index (χ1) is 8.11. The zero-order valence-corrected chi connectivity index (χ0v) is 9.80. The van der Waals surface area contributed by atoms with Crippen LogP contribution in [0.15, 0.2) is 0 Å². The summed E-state index contributed by atoms with van der Waals surface area (Å²) >= 11 is 0. The van der Waals surface area contributed by atoms with Gasteiger partial charge < -0.3 is 19.5 Å². The molecule has 2 aliphatic heterocycles. The SMILES string of the molecule is CN(C(=O)[C@H]1CCCO1)C1COCC1C(=O)O. The molecule has 2 unspecified atom stereocenters. The zero-order valence-electron chi connectivity index (χ0n) is 9.80. The van der Waals surface area contributed by atoms with E-state index in [1.54, 1.807) is 7.05 Å². The molecule has 0 aliphatic carbocycles. The van der Waals surface area contributed by atoms with E-state index in [-0.39, 0.29) is 25.2 Å². The molecule has 3 atom stereocenters. The molecule has 2 rings (SSSR count). The van der Waals surface area contributed by atoms with Crippen LogP contribution in [0.4, 0.5) is 0 Å². The number of carboxylic acids is 1. The fraction of sp³-hybridized carbons (Fsp3) is 0.818. The number of likely N-dealkylation sites (N-methyl/N-ethyl adjacent to an activating group) is 1. The van der Waals surface area contributed by atoms with Crippen molar-refractivity contribution in [2.24, 2.45) is 5.92 Å². The van der Waals surface area contributed by atoms with Crippen molar-refractivity contribution in [2.75, 3.05) is 26.9 Å². The number of ether oxygens (including phenoxy) is 2. The molecule has 2 aliphatic rings. The number of carboxylic acid groups (broad SMARTS) is 1. The Morgan fingerprint density at radius 3 is 2.71 bits per heavy atom. The maximum Gasteiger partial charge on any atom is 0.311 e. The molecule has 0 aromatic carbocycles. The maximum absolute atomic E-state index is 12.1. The van der Waals surface area contributed by atoms with Gasteiger partial charge in [-0.15, -0.1) is 0 Å². The highest BCUT2D eigenvalue weighted by Gasteiger charge is 2.40. The Morgan fingerprint density at radius 2 is 2.12 bits per heavy atom. The summed E-state index contributed by atoms with van der Waals surface area (Å²) in [7, 11) is 1.62. The molecule has 2 heterocycles. The monoisotopic (exact) mass is 243 g/mol. The van der Waals surface area contributed by atoms with Crippen molar-refractivity contribution in [1.29, 1.82) is 0 Å². The molecule has 2 fully saturated rings. The number of hydrogen-bond donors (Lipinski definition) is 1. The van der Waals surface area contributed by atoms with Crippen LogP contribution in [0, 0.1) is 5.92 Å². The highest BCUT2D eigenvalue weighted by Crippen LogP contribution is 2.22. The Hall–Kier alpha value is -1.14. The molecule has 96 valence electrons. The van der Waals surface area contributed by atoms with E-state index >= 15 is 0 Å². The van der Waals surface area contributed by atoms with Crippen molar-refractivity contribution in [3.63, 3.8) is 0 Å². The Bertz CT molecular complexity index is 313. The van der Waals surface area contributed by atoms with E-state index in [1.165, 1.54) is 4.90 Å². The third-order valence-corrected chi connectivity index (χ3v) is 3.42. The summed E-state index contributed by atoms with van der Waals surface area (Å²) in [6.45, 7) is 1.06. The molecule has 1 N–H and O–H groups in total. The lowest BCUT2D eigenvalue weighted by Gasteiger charge is -2.28. The summed E-state index contributed by atoms with van der Waals surface area (Å²) in [6.07, 6.45) is 1.19. The van der Waals surface area contributed by atoms with Crippen LogP contribution in [0.5, 0.6) is 0 Å². The van der Waals surface area contributed by atoms with Crippen LogP contribution in [0.1, 0.15) is 12.8 Å². The molecule has 2 saturated heterocycles. The zero-order chi connectivity index (χ0) is 12.4. The average Bonchev–Trinajstić information content (AvgIpc) is 2.97. The van der Waals surface area contributed by atoms with Gasteiger partial charge in [0.2, 0.25) is 0 Å². The van der Waals surface area contributed by atoms with Crippen molar-refractivity contribution >= 4 is 11.9 Å². The molecule has 0 aromatic rings. The van der Waals surface area contributed by atoms with Crippen LogP contribution in [-0.2, 0) is 19.1 Å². The Kier molecular flexibility index (Phi) is 3.63. The summed E-state index contributed by atoms with van der Waals surface area (Å²) in [6, 6.07) is -0.385. The summed E-state index contributed by atoms with van der Waals surface area (Å²) in [5.74, 6) is -1.69. The molecule has 0 bridgehead atoms. The van der Waals surface area contributed by atoms with Gasteiger partial charge in [0.15, 0.2) is 0 Å². The van der Waals surface area contributed by atoms with Gasteiger partial charge in [0.05, 0.1) is 19.3 Å². The Labute approximate surface area is 99.5 Å². The lowest BCUT2D eigenvalue weighted by molar-refractivity contribution is -0.147. The highest BCUT2D eigenvalue weighted by molar-refractivity contribution is 5.82. The number of hydrogen-bond acceptors (Lipinski definition) is 4. The fourth-order valence-electron chi connectivity index (χ4n) is 2.32. The van der Waals surface area contributed by atoms with E-state index in [0.29, 0.717) is 13.0 Å². The predicted octanol–water partition coefficient (Wildman–Crippen LogP) is -0.277. The van der Waals surface area contributed by atoms with Crippen LogP contribution >= 0.6 is 0 Å². The van der Waals surface area contributed by atoms with Crippen LogP contribution < -0.4 is 0 Å². The van der Waals surface area contributed by atoms with Crippen molar-refractivity contribution in [2.45, 2.75) is 25.0 Å². The van der Waals surface area contributed by atoms with Gasteiger partial charge >= 0.3 is 5.97 Å². The molecule has 0 spiro atoms. The second kappa shape index (κ2) is 5.01. The van der Waals surface area contributed by atoms with Crippen LogP contribution in [0.25, 0.3) is 0 Å². The molecule has 6 heteroatoms. The first-order valence-electron chi connectivity index (χ1n) is 5.80. The number of aliphatic carboxylic acids is 1. The molecule has 6 nitrogen and oxygen atoms in total. The van der Waals surface area contributed by atoms with Crippen LogP contribution in [0.3, 0.4) is 0 Å². The van der Waals surface area contributed by atoms with Crippen molar-refractivity contribution in [1.82, 2.24) is 4.90 Å². The minimum atomic E-state index is -0.917. The van der Waals surface area contributed by atoms with E-state index in [0.717, 1.165) is 6.42 Å². The molecular formula is C11H17NO5. The normalized spacial score (nSPS) is 32.6. The van der Waals surface area contributed by atoms with Gasteiger partial charge in [0, 0.05) is 13.7 Å². The van der Waals surface area contributed by atoms with Gasteiger partial charge in [-0.25, -0.2) is 0 Å². The van der Waals surface area contributed by atoms with Gasteiger partial charge in [-0.3, -0.25) is 9.59 Å². The summed E-state index contributed by atoms with van der Waals surface area (Å²) < 4.78 is 10.5. The molecule has 0 radical (unpaired) electrons. The Balaban J connectivity index is 2.00. The van der Waals surface area contributed by atoms with Crippen molar-refractivity contribution in [3.05, 3.63) is 0 Å². The summed E-state index contributed by atoms with van der Waals surface area (Å²) in [5, 5.41) is 9.03. The van der Waals surface area contributed by atoms with Gasteiger partial charge in [-0.05, 0) is 12.8 Å². The largest absolute Gasteiger partial charge is 0.481 e. The lowest BCUT2D eigenvalue weighted by Crippen LogP contribution is -2.47. The Morgan fingerprint density at radius 1 is 1.35 bits per heavy atom. The lowest BCUT2D eigenvalue weighted by atomic mass is 10.0. The van der Waals surface area contributed by atoms with Gasteiger partial charge in [-0.2, -0.15) is 0 Å². The van der Waals surface area contributed by atoms with Crippen LogP contribution in [0.2, 0.25) is 0 Å². The predicted molar refractivity (Wildman–Crippen MR) is 57.5 cm³/mol. The third-order valence-electron chi connectivity index (χ3n) is 3.42. The van der Waals surface area contributed by atoms with Crippen molar-refractivity contribution in [3.8, 4) is 0 Å². The first kappa shape index (κ1) is 12.3. The standard InChI is InChI=1S/C11H17NO5/c1-12(10(13)9-3-2-4-17-9)8-6-16-5-7(8)11(14)15/h7-9H,2-6H2,1H3,(H,14,15)/t7?,8?,9-/m1/s1. The van der Waals surface area contributed by atoms with Gasteiger partial charge in [0.1, 0.15) is 12.0 Å². The number of amides is 1. The minimum Gasteiger partial charge on any atom is -0.481 e. The van der Waals surface area contributed by atoms with E-state index in [2.05, 4.69) is 0 Å². The van der Waals surface area contributed by atoms with Crippen LogP contribution in [-0.4, -0.2) is 60.9 Å². The van der Waals surface area contributed by atoms with Gasteiger partial charge in [0.25, 0.3) is 5.91 Å². The number of rotatable bonds is 3. The van der Waals surface area contributed by atoms with E-state index in [1.807, 2.05) is 0 Å². The second-order valence-corrected chi connectivity index (χ2v) is 4.50. The number of nitrogens with zero attached hydrogens (tertiary/aromatic N) is 1. The number of carbonyl (C=O) groups is 2. The second-order valence-electron chi connectivity index (χ2n) is 4.50. The molecule has 0 aromatic heterocycles. The molecular weight excluding hydrogens is 226 g/mol. The van der Waals surface area contributed by atoms with E-state index in [9.17, 15) is 9.59 Å². The average molecular weight is 243 g/mol. The molecule has 0 saturated carbocycles. The van der Waals surface area contributed by atoms with E-state index in [4.69, 9.17) is 14.6 Å². The van der Waals surface area contributed by atoms with E-state index < -0.39 is 18.0 Å². The molecule has 1 amide bonds. The third kappa shape index (κ3) is 2.42. The minimum absolute atomic E-state index is 0.135. The highest BCUT2D eigenvalue weighted by atomic mass is 16.5. The fourth-order valence-corrected chi connectivity index (χ4v) is 2.32. The number of carbonyl (C=O) groups excluding carboxylic acids is 1. The first-order valence-corrected chi connectivity index (χ1v) is 5.80. The molecule has 17 heavy (non-hydrogen) atoms. The quantitative estimate of drug-likeness (QED) is 0.738. The van der Waals surface area contributed by atoms with Gasteiger partial charge in [-0.1, -0.05) is 0 Å². The van der Waals surface area contributed by atoms with Crippen molar-refractivity contribution < 1.29 is 24.2 Å². The summed E-state index contributed by atoms with van der Waals surface area (Å²) in [4.78, 5) is 24.5. The smallest absolute Gasteiger partial charge is 0.311 e. The maximum atomic E-state index is 12.1. The summed E-state index contributed by atoms with van der Waals surface area (Å²) in [5.41, 5.74) is 0. The topological polar surface area (TPSA) is 76.1 Å².